The van der Waals surface area contributed by atoms with Gasteiger partial charge in [0.1, 0.15) is 6.04 Å². The van der Waals surface area contributed by atoms with Gasteiger partial charge in [-0.15, -0.1) is 0 Å². The van der Waals surface area contributed by atoms with Crippen LogP contribution in [0.15, 0.2) is 0 Å². The van der Waals surface area contributed by atoms with Crippen LogP contribution in [0.4, 0.5) is 0 Å². The molecule has 1 atom stereocenters. The van der Waals surface area contributed by atoms with Crippen molar-refractivity contribution < 1.29 is 19.4 Å². The maximum Gasteiger partial charge on any atom is 0.326 e. The fourth-order valence-corrected chi connectivity index (χ4v) is 2.72. The lowest BCUT2D eigenvalue weighted by atomic mass is 9.77. The summed E-state index contributed by atoms with van der Waals surface area (Å²) in [6.45, 7) is 0.565. The molecule has 2 fully saturated rings. The second kappa shape index (κ2) is 4.64. The number of hydrogen-bond acceptors (Lipinski definition) is 3. The number of carbonyl (C=O) groups is 2. The van der Waals surface area contributed by atoms with E-state index in [0.717, 1.165) is 25.7 Å². The van der Waals surface area contributed by atoms with Crippen molar-refractivity contribution in [1.82, 2.24) is 4.90 Å². The molecule has 0 aromatic rings. The van der Waals surface area contributed by atoms with Gasteiger partial charge in [-0.25, -0.2) is 4.79 Å². The largest absolute Gasteiger partial charge is 0.480 e. The Labute approximate surface area is 101 Å². The van der Waals surface area contributed by atoms with Gasteiger partial charge in [0.15, 0.2) is 0 Å². The Morgan fingerprint density at radius 2 is 2.12 bits per heavy atom. The maximum atomic E-state index is 12.1. The molecule has 1 saturated heterocycles. The number of methoxy groups -OCH3 is 1. The topological polar surface area (TPSA) is 66.8 Å². The summed E-state index contributed by atoms with van der Waals surface area (Å²) in [7, 11) is 1.63. The van der Waals surface area contributed by atoms with Crippen molar-refractivity contribution in [2.45, 2.75) is 50.2 Å². The summed E-state index contributed by atoms with van der Waals surface area (Å²) in [5.74, 6) is -0.965. The number of hydrogen-bond donors (Lipinski definition) is 1. The second-order valence-electron chi connectivity index (χ2n) is 5.00. The van der Waals surface area contributed by atoms with E-state index >= 15 is 0 Å². The zero-order valence-electron chi connectivity index (χ0n) is 10.1. The molecule has 0 spiro atoms. The Kier molecular flexibility index (Phi) is 3.38. The molecule has 17 heavy (non-hydrogen) atoms. The van der Waals surface area contributed by atoms with E-state index in [0.29, 0.717) is 19.4 Å². The van der Waals surface area contributed by atoms with E-state index < -0.39 is 12.0 Å². The average molecular weight is 241 g/mol. The maximum absolute atomic E-state index is 12.1. The van der Waals surface area contributed by atoms with E-state index in [9.17, 15) is 9.59 Å². The van der Waals surface area contributed by atoms with Crippen LogP contribution in [-0.4, -0.2) is 47.2 Å². The number of aliphatic carboxylic acids is 1. The number of ether oxygens (including phenoxy) is 1. The summed E-state index contributed by atoms with van der Waals surface area (Å²) >= 11 is 0. The number of carbonyl (C=O) groups excluding carboxylic acids is 1. The molecular formula is C12H19NO4. The third kappa shape index (κ3) is 2.29. The molecule has 2 rings (SSSR count). The number of rotatable bonds is 4. The standard InChI is InChI=1S/C12H19NO4/c1-17-12(5-3-6-12)8-10(14)13-7-2-4-9(13)11(15)16/h9H,2-8H2,1H3,(H,15,16). The van der Waals surface area contributed by atoms with E-state index in [4.69, 9.17) is 9.84 Å². The third-order valence-electron chi connectivity index (χ3n) is 4.03. The minimum Gasteiger partial charge on any atom is -0.480 e. The van der Waals surface area contributed by atoms with E-state index in [1.807, 2.05) is 0 Å². The SMILES string of the molecule is COC1(CC(=O)N2CCCC2C(=O)O)CCC1. The summed E-state index contributed by atoms with van der Waals surface area (Å²) in [4.78, 5) is 24.6. The van der Waals surface area contributed by atoms with Crippen molar-refractivity contribution >= 4 is 11.9 Å². The molecule has 5 nitrogen and oxygen atoms in total. The van der Waals surface area contributed by atoms with Crippen LogP contribution in [-0.2, 0) is 14.3 Å². The molecule has 2 aliphatic rings. The van der Waals surface area contributed by atoms with E-state index in [-0.39, 0.29) is 11.5 Å². The highest BCUT2D eigenvalue weighted by Crippen LogP contribution is 2.39. The third-order valence-corrected chi connectivity index (χ3v) is 4.03. The van der Waals surface area contributed by atoms with Crippen molar-refractivity contribution in [2.75, 3.05) is 13.7 Å². The normalized spacial score (nSPS) is 26.6. The van der Waals surface area contributed by atoms with Crippen molar-refractivity contribution in [3.05, 3.63) is 0 Å². The number of carboxylic acid groups (broad SMARTS) is 1. The average Bonchev–Trinajstić information content (AvgIpc) is 2.72. The highest BCUT2D eigenvalue weighted by molar-refractivity contribution is 5.84. The molecule has 1 aliphatic carbocycles. The molecule has 5 heteroatoms. The quantitative estimate of drug-likeness (QED) is 0.798. The zero-order chi connectivity index (χ0) is 12.5. The van der Waals surface area contributed by atoms with E-state index in [1.165, 1.54) is 4.90 Å². The molecule has 0 bridgehead atoms. The minimum absolute atomic E-state index is 0.0727. The Balaban J connectivity index is 1.97. The van der Waals surface area contributed by atoms with Crippen LogP contribution in [0.5, 0.6) is 0 Å². The number of amides is 1. The molecule has 0 aromatic heterocycles. The second-order valence-corrected chi connectivity index (χ2v) is 5.00. The van der Waals surface area contributed by atoms with Crippen molar-refractivity contribution in [1.29, 1.82) is 0 Å². The molecule has 0 radical (unpaired) electrons. The predicted molar refractivity (Wildman–Crippen MR) is 60.6 cm³/mol. The molecule has 1 saturated carbocycles. The van der Waals surface area contributed by atoms with Gasteiger partial charge in [-0.1, -0.05) is 0 Å². The van der Waals surface area contributed by atoms with Gasteiger partial charge in [0.2, 0.25) is 5.91 Å². The molecule has 1 aliphatic heterocycles. The Morgan fingerprint density at radius 3 is 2.59 bits per heavy atom. The fraction of sp³-hybridized carbons (Fsp3) is 0.833. The van der Waals surface area contributed by atoms with Crippen LogP contribution in [0.2, 0.25) is 0 Å². The Hall–Kier alpha value is -1.10. The van der Waals surface area contributed by atoms with Crippen LogP contribution >= 0.6 is 0 Å². The van der Waals surface area contributed by atoms with Crippen molar-refractivity contribution in [3.63, 3.8) is 0 Å². The first-order valence-corrected chi connectivity index (χ1v) is 6.15. The Bertz CT molecular complexity index is 319. The van der Waals surface area contributed by atoms with Gasteiger partial charge in [-0.2, -0.15) is 0 Å². The smallest absolute Gasteiger partial charge is 0.326 e. The van der Waals surface area contributed by atoms with Gasteiger partial charge >= 0.3 is 5.97 Å². The van der Waals surface area contributed by atoms with Crippen LogP contribution in [0.25, 0.3) is 0 Å². The molecule has 1 unspecified atom stereocenters. The minimum atomic E-state index is -0.893. The van der Waals surface area contributed by atoms with Gasteiger partial charge in [-0.05, 0) is 32.1 Å². The van der Waals surface area contributed by atoms with Gasteiger partial charge in [0.25, 0.3) is 0 Å². The summed E-state index contributed by atoms with van der Waals surface area (Å²) < 4.78 is 5.40. The lowest BCUT2D eigenvalue weighted by molar-refractivity contribution is -0.153. The van der Waals surface area contributed by atoms with Crippen LogP contribution in [0.1, 0.15) is 38.5 Å². The monoisotopic (exact) mass is 241 g/mol. The number of nitrogens with zero attached hydrogens (tertiary/aromatic N) is 1. The molecule has 1 amide bonds. The molecular weight excluding hydrogens is 222 g/mol. The van der Waals surface area contributed by atoms with E-state index in [1.54, 1.807) is 7.11 Å². The van der Waals surface area contributed by atoms with E-state index in [2.05, 4.69) is 0 Å². The number of likely N-dealkylation sites (tertiary alicyclic amines) is 1. The van der Waals surface area contributed by atoms with Gasteiger partial charge in [-0.3, -0.25) is 4.79 Å². The fourth-order valence-electron chi connectivity index (χ4n) is 2.72. The first-order chi connectivity index (χ1) is 8.08. The highest BCUT2D eigenvalue weighted by Gasteiger charge is 2.42. The predicted octanol–water partition coefficient (Wildman–Crippen LogP) is 1.02. The highest BCUT2D eigenvalue weighted by atomic mass is 16.5. The van der Waals surface area contributed by atoms with Crippen molar-refractivity contribution in [3.8, 4) is 0 Å². The van der Waals surface area contributed by atoms with Crippen LogP contribution < -0.4 is 0 Å². The molecule has 1 N–H and O–H groups in total. The summed E-state index contributed by atoms with van der Waals surface area (Å²) in [6.07, 6.45) is 4.57. The summed E-state index contributed by atoms with van der Waals surface area (Å²) in [6, 6.07) is -0.628. The van der Waals surface area contributed by atoms with Crippen LogP contribution in [0, 0.1) is 0 Å². The first kappa shape index (κ1) is 12.4. The lowest BCUT2D eigenvalue weighted by Gasteiger charge is -2.41. The van der Waals surface area contributed by atoms with Crippen LogP contribution in [0.3, 0.4) is 0 Å². The molecule has 96 valence electrons. The first-order valence-electron chi connectivity index (χ1n) is 6.15. The summed E-state index contributed by atoms with van der Waals surface area (Å²) in [5, 5.41) is 9.03. The Morgan fingerprint density at radius 1 is 1.41 bits per heavy atom. The van der Waals surface area contributed by atoms with Gasteiger partial charge in [0, 0.05) is 13.7 Å². The number of carboxylic acids is 1. The molecule has 0 aromatic carbocycles. The summed E-state index contributed by atoms with van der Waals surface area (Å²) in [5.41, 5.74) is -0.317. The lowest BCUT2D eigenvalue weighted by Crippen LogP contribution is -2.47. The van der Waals surface area contributed by atoms with Crippen molar-refractivity contribution in [2.24, 2.45) is 0 Å². The molecule has 1 heterocycles. The van der Waals surface area contributed by atoms with Gasteiger partial charge < -0.3 is 14.7 Å². The zero-order valence-corrected chi connectivity index (χ0v) is 10.1. The van der Waals surface area contributed by atoms with Gasteiger partial charge in [0.05, 0.1) is 12.0 Å².